The molecule has 3 aromatic carbocycles. The molecule has 0 unspecified atom stereocenters. The van der Waals surface area contributed by atoms with Crippen LogP contribution in [0.5, 0.6) is 0 Å². The summed E-state index contributed by atoms with van der Waals surface area (Å²) >= 11 is 0. The molecule has 0 spiro atoms. The molecule has 0 aromatic heterocycles. The number of fused-ring (bicyclic) bond motifs is 3. The molecule has 0 heterocycles. The van der Waals surface area contributed by atoms with E-state index < -0.39 is 42.1 Å². The van der Waals surface area contributed by atoms with E-state index in [1.165, 1.54) is 0 Å². The Morgan fingerprint density at radius 2 is 1.48 bits per heavy atom. The van der Waals surface area contributed by atoms with Crippen molar-refractivity contribution in [1.29, 1.82) is 0 Å². The first kappa shape index (κ1) is 29.3. The summed E-state index contributed by atoms with van der Waals surface area (Å²) in [6, 6.07) is 24.1. The summed E-state index contributed by atoms with van der Waals surface area (Å²) in [4.78, 5) is 38.6. The Labute approximate surface area is 246 Å². The van der Waals surface area contributed by atoms with Gasteiger partial charge in [-0.25, -0.2) is 9.59 Å². The molecule has 220 valence electrons. The van der Waals surface area contributed by atoms with Crippen LogP contribution in [0.25, 0.3) is 11.1 Å². The van der Waals surface area contributed by atoms with Gasteiger partial charge in [0.2, 0.25) is 5.91 Å². The van der Waals surface area contributed by atoms with E-state index >= 15 is 0 Å². The third-order valence-electron chi connectivity index (χ3n) is 8.39. The Kier molecular flexibility index (Phi) is 9.54. The van der Waals surface area contributed by atoms with E-state index in [0.717, 1.165) is 47.1 Å². The van der Waals surface area contributed by atoms with Crippen molar-refractivity contribution in [3.8, 4) is 11.1 Å². The molecule has 5 rings (SSSR count). The summed E-state index contributed by atoms with van der Waals surface area (Å²) < 4.78 is 11.5. The summed E-state index contributed by atoms with van der Waals surface area (Å²) in [5.41, 5.74) is 5.47. The van der Waals surface area contributed by atoms with Crippen LogP contribution in [0.4, 0.5) is 4.79 Å². The number of hydrogen-bond acceptors (Lipinski definition) is 5. The monoisotopic (exact) mass is 570 g/mol. The molecule has 3 N–H and O–H groups in total. The Balaban J connectivity index is 1.20. The Morgan fingerprint density at radius 3 is 2.14 bits per heavy atom. The van der Waals surface area contributed by atoms with Gasteiger partial charge >= 0.3 is 12.1 Å². The molecule has 0 saturated heterocycles. The number of amides is 2. The maximum Gasteiger partial charge on any atom is 0.407 e. The normalized spacial score (nSPS) is 19.5. The second-order valence-electron chi connectivity index (χ2n) is 11.1. The molecule has 3 aromatic rings. The van der Waals surface area contributed by atoms with Gasteiger partial charge < -0.3 is 25.2 Å². The van der Waals surface area contributed by atoms with Crippen LogP contribution in [0.3, 0.4) is 0 Å². The molecular weight excluding hydrogens is 532 g/mol. The van der Waals surface area contributed by atoms with Gasteiger partial charge in [-0.15, -0.1) is 0 Å². The maximum atomic E-state index is 13.5. The molecule has 42 heavy (non-hydrogen) atoms. The third kappa shape index (κ3) is 6.82. The van der Waals surface area contributed by atoms with Crippen LogP contribution in [-0.2, 0) is 25.7 Å². The van der Waals surface area contributed by atoms with E-state index in [1.54, 1.807) is 6.92 Å². The van der Waals surface area contributed by atoms with E-state index in [9.17, 15) is 19.5 Å². The van der Waals surface area contributed by atoms with Crippen molar-refractivity contribution in [2.45, 2.75) is 69.7 Å². The quantitative estimate of drug-likeness (QED) is 0.272. The highest BCUT2D eigenvalue weighted by atomic mass is 16.5. The topological polar surface area (TPSA) is 114 Å². The number of aliphatic carboxylic acids is 1. The highest BCUT2D eigenvalue weighted by molar-refractivity contribution is 5.86. The second kappa shape index (κ2) is 13.7. The summed E-state index contributed by atoms with van der Waals surface area (Å²) in [6.07, 6.45) is 2.44. The molecule has 2 aliphatic carbocycles. The minimum Gasteiger partial charge on any atom is -0.480 e. The molecule has 0 radical (unpaired) electrons. The van der Waals surface area contributed by atoms with Gasteiger partial charge in [0.15, 0.2) is 6.04 Å². The fraction of sp³-hybridized carbons (Fsp3) is 0.382. The first-order valence-electron chi connectivity index (χ1n) is 14.7. The number of rotatable bonds is 10. The highest BCUT2D eigenvalue weighted by Crippen LogP contribution is 2.44. The van der Waals surface area contributed by atoms with Crippen LogP contribution in [-0.4, -0.2) is 47.9 Å². The second-order valence-corrected chi connectivity index (χ2v) is 11.1. The molecule has 2 aliphatic rings. The first-order chi connectivity index (χ1) is 20.4. The highest BCUT2D eigenvalue weighted by Gasteiger charge is 2.36. The third-order valence-corrected chi connectivity index (χ3v) is 8.39. The van der Waals surface area contributed by atoms with E-state index in [-0.39, 0.29) is 19.1 Å². The molecule has 8 nitrogen and oxygen atoms in total. The summed E-state index contributed by atoms with van der Waals surface area (Å²) in [7, 11) is 0. The van der Waals surface area contributed by atoms with E-state index in [4.69, 9.17) is 9.47 Å². The molecule has 4 atom stereocenters. The number of carboxylic acids is 1. The lowest BCUT2D eigenvalue weighted by Gasteiger charge is -2.28. The number of ether oxygens (including phenoxy) is 2. The minimum atomic E-state index is -1.22. The lowest BCUT2D eigenvalue weighted by Crippen LogP contribution is -2.54. The van der Waals surface area contributed by atoms with Crippen molar-refractivity contribution in [3.05, 3.63) is 95.6 Å². The predicted molar refractivity (Wildman–Crippen MR) is 159 cm³/mol. The van der Waals surface area contributed by atoms with E-state index in [0.29, 0.717) is 12.8 Å². The zero-order valence-electron chi connectivity index (χ0n) is 23.8. The molecule has 1 saturated carbocycles. The summed E-state index contributed by atoms with van der Waals surface area (Å²) in [6.45, 7) is 2.05. The summed E-state index contributed by atoms with van der Waals surface area (Å²) in [5.74, 6) is -2.21. The van der Waals surface area contributed by atoms with Crippen LogP contribution in [0.2, 0.25) is 0 Å². The fourth-order valence-electron chi connectivity index (χ4n) is 6.12. The van der Waals surface area contributed by atoms with Crippen molar-refractivity contribution in [2.24, 2.45) is 5.92 Å². The number of benzene rings is 3. The molecular formula is C34H38N2O6. The Morgan fingerprint density at radius 1 is 0.857 bits per heavy atom. The number of carbonyl (C=O) groups excluding carboxylic acids is 2. The SMILES string of the molecule is C[C@H](OCc1ccccc1)[C@@H](NC(=O)[C@H]1CCCCC[C@H]1NC(=O)OCC1c2ccccc2-c2ccccc21)C(=O)O. The molecule has 8 heteroatoms. The molecule has 2 amide bonds. The van der Waals surface area contributed by atoms with Crippen molar-refractivity contribution in [1.82, 2.24) is 10.6 Å². The van der Waals surface area contributed by atoms with Gasteiger partial charge in [0.1, 0.15) is 6.61 Å². The number of nitrogens with one attached hydrogen (secondary N) is 2. The lowest BCUT2D eigenvalue weighted by molar-refractivity contribution is -0.147. The van der Waals surface area contributed by atoms with Gasteiger partial charge in [-0.3, -0.25) is 4.79 Å². The number of carbonyl (C=O) groups is 3. The lowest BCUT2D eigenvalue weighted by atomic mass is 9.93. The van der Waals surface area contributed by atoms with Crippen molar-refractivity contribution < 1.29 is 29.0 Å². The van der Waals surface area contributed by atoms with Crippen LogP contribution < -0.4 is 10.6 Å². The fourth-order valence-corrected chi connectivity index (χ4v) is 6.12. The van der Waals surface area contributed by atoms with Crippen LogP contribution >= 0.6 is 0 Å². The standard InChI is InChI=1S/C34H38N2O6/c1-22(41-20-23-12-4-2-5-13-23)31(33(38)39)36-32(37)28-18-6-3-7-19-30(28)35-34(40)42-21-29-26-16-10-8-14-24(26)25-15-9-11-17-27(25)29/h2,4-5,8-17,22,28-31H,3,6-7,18-21H2,1H3,(H,35,40)(H,36,37)(H,38,39)/t22-,28-,30+,31+/m0/s1. The maximum absolute atomic E-state index is 13.5. The average molecular weight is 571 g/mol. The van der Waals surface area contributed by atoms with Gasteiger partial charge in [0.05, 0.1) is 18.6 Å². The molecule has 1 fully saturated rings. The number of alkyl carbamates (subject to hydrolysis) is 1. The van der Waals surface area contributed by atoms with Gasteiger partial charge in [-0.05, 0) is 47.6 Å². The number of carboxylic acid groups (broad SMARTS) is 1. The smallest absolute Gasteiger partial charge is 0.407 e. The van der Waals surface area contributed by atoms with Crippen LogP contribution in [0.15, 0.2) is 78.9 Å². The summed E-state index contributed by atoms with van der Waals surface area (Å²) in [5, 5.41) is 15.5. The Bertz CT molecular complexity index is 1350. The minimum absolute atomic E-state index is 0.0647. The van der Waals surface area contributed by atoms with Crippen LogP contribution in [0, 0.1) is 5.92 Å². The predicted octanol–water partition coefficient (Wildman–Crippen LogP) is 5.65. The zero-order valence-corrected chi connectivity index (χ0v) is 23.8. The zero-order chi connectivity index (χ0) is 29.5. The van der Waals surface area contributed by atoms with Gasteiger partial charge in [0.25, 0.3) is 0 Å². The van der Waals surface area contributed by atoms with Crippen LogP contribution in [0.1, 0.15) is 61.6 Å². The molecule has 0 aliphatic heterocycles. The van der Waals surface area contributed by atoms with Crippen molar-refractivity contribution >= 4 is 18.0 Å². The largest absolute Gasteiger partial charge is 0.480 e. The average Bonchev–Trinajstić information content (AvgIpc) is 3.13. The van der Waals surface area contributed by atoms with Gasteiger partial charge in [-0.1, -0.05) is 98.1 Å². The van der Waals surface area contributed by atoms with Crippen molar-refractivity contribution in [2.75, 3.05) is 6.61 Å². The Hall–Kier alpha value is -4.17. The van der Waals surface area contributed by atoms with Gasteiger partial charge in [-0.2, -0.15) is 0 Å². The van der Waals surface area contributed by atoms with E-state index in [1.807, 2.05) is 54.6 Å². The number of hydrogen-bond donors (Lipinski definition) is 3. The first-order valence-corrected chi connectivity index (χ1v) is 14.7. The van der Waals surface area contributed by atoms with Gasteiger partial charge in [0, 0.05) is 12.0 Å². The molecule has 0 bridgehead atoms. The van der Waals surface area contributed by atoms with Crippen molar-refractivity contribution in [3.63, 3.8) is 0 Å². The van der Waals surface area contributed by atoms with E-state index in [2.05, 4.69) is 34.9 Å².